The van der Waals surface area contributed by atoms with Crippen LogP contribution in [-0.2, 0) is 58.5 Å². The van der Waals surface area contributed by atoms with Gasteiger partial charge in [-0.2, -0.15) is 0 Å². The largest absolute Gasteiger partial charge is 0.380 e. The molecule has 10 amide bonds. The molecule has 460 valence electrons. The van der Waals surface area contributed by atoms with Gasteiger partial charge in [0.15, 0.2) is 0 Å². The van der Waals surface area contributed by atoms with Crippen LogP contribution in [0.5, 0.6) is 0 Å². The highest BCUT2D eigenvalue weighted by Crippen LogP contribution is 2.30. The van der Waals surface area contributed by atoms with Crippen molar-refractivity contribution in [2.75, 3.05) is 45.7 Å². The van der Waals surface area contributed by atoms with E-state index in [-0.39, 0.29) is 57.1 Å². The number of nitrogens with one attached hydrogen (secondary N) is 7. The lowest BCUT2D eigenvalue weighted by Crippen LogP contribution is -2.61. The van der Waals surface area contributed by atoms with Crippen molar-refractivity contribution >= 4 is 69.0 Å². The van der Waals surface area contributed by atoms with Gasteiger partial charge in [-0.3, -0.25) is 43.3 Å². The number of sulfonamides is 1. The second-order valence-electron chi connectivity index (χ2n) is 25.1. The summed E-state index contributed by atoms with van der Waals surface area (Å²) in [6.07, 6.45) is 3.76. The molecule has 3 rings (SSSR count). The molecule has 0 fully saturated rings. The fraction of sp³-hybridized carbons (Fsp3) is 0.576. The summed E-state index contributed by atoms with van der Waals surface area (Å²) in [4.78, 5) is 121. The summed E-state index contributed by atoms with van der Waals surface area (Å²) >= 11 is 0. The molecule has 22 nitrogen and oxygen atoms in total. The van der Waals surface area contributed by atoms with Crippen LogP contribution in [0.3, 0.4) is 0 Å². The molecule has 0 saturated heterocycles. The zero-order chi connectivity index (χ0) is 63.2. The lowest BCUT2D eigenvalue weighted by molar-refractivity contribution is -0.141. The summed E-state index contributed by atoms with van der Waals surface area (Å²) in [5.41, 5.74) is 2.72. The van der Waals surface area contributed by atoms with Gasteiger partial charge in [0.05, 0.1) is 35.9 Å². The van der Waals surface area contributed by atoms with E-state index < -0.39 is 137 Å². The van der Waals surface area contributed by atoms with Crippen molar-refractivity contribution in [1.82, 2.24) is 41.1 Å². The monoisotopic (exact) mass is 1180 g/mol. The van der Waals surface area contributed by atoms with E-state index >= 15 is 4.39 Å². The summed E-state index contributed by atoms with van der Waals surface area (Å²) in [5.74, 6) is -6.98. The van der Waals surface area contributed by atoms with E-state index in [0.717, 1.165) is 22.6 Å². The Morgan fingerprint density at radius 1 is 0.783 bits per heavy atom. The molecule has 9 N–H and O–H groups in total. The molecule has 2 unspecified atom stereocenters. The summed E-state index contributed by atoms with van der Waals surface area (Å²) < 4.78 is 51.0. The van der Waals surface area contributed by atoms with E-state index in [0.29, 0.717) is 6.07 Å². The number of ether oxygens (including phenoxy) is 1. The highest BCUT2D eigenvalue weighted by Gasteiger charge is 2.42. The van der Waals surface area contributed by atoms with Gasteiger partial charge in [0.25, 0.3) is 27.7 Å². The molecule has 0 spiro atoms. The predicted octanol–water partition coefficient (Wildman–Crippen LogP) is 4.55. The number of hydrogen-bond acceptors (Lipinski definition) is 13. The number of carbonyl (C=O) groups excluding carboxylic acids is 9. The van der Waals surface area contributed by atoms with Crippen molar-refractivity contribution < 1.29 is 60.7 Å². The smallest absolute Gasteiger partial charge is 0.312 e. The van der Waals surface area contributed by atoms with Crippen LogP contribution in [0.15, 0.2) is 77.2 Å². The number of imide groups is 1. The summed E-state index contributed by atoms with van der Waals surface area (Å²) in [6.45, 7) is 25.2. The van der Waals surface area contributed by atoms with Crippen LogP contribution in [0.2, 0.25) is 0 Å². The summed E-state index contributed by atoms with van der Waals surface area (Å²) in [5, 5.41) is 16.2. The molecule has 0 saturated carbocycles. The van der Waals surface area contributed by atoms with Gasteiger partial charge in [-0.1, -0.05) is 126 Å². The predicted molar refractivity (Wildman–Crippen MR) is 314 cm³/mol. The van der Waals surface area contributed by atoms with Crippen LogP contribution in [0.25, 0.3) is 0 Å². The SMILES string of the molecule is CN[C@H](C(=O)NC(C(=O)N(C)[C@H](/C=C(\C)C(=O)NS(=O)(=O)c1ccc(NC(=O)[C@H](CCCNC(N)=O)NC(=O)C(NC(=O)CC(C)(C)COCC(C)(C)CN2C(=O)C=CC2=O)C(C)C)c(F)c1)C(C)C)C(C)(C)C)C(C)(C)c1ccccc1. The van der Waals surface area contributed by atoms with Gasteiger partial charge in [0.1, 0.15) is 23.9 Å². The molecule has 2 aromatic carbocycles. The first-order valence-corrected chi connectivity index (χ1v) is 29.1. The molecular weight excluding hydrogens is 1090 g/mol. The first kappa shape index (κ1) is 70.2. The minimum absolute atomic E-state index is 0.00283. The average Bonchev–Trinajstić information content (AvgIpc) is 3.87. The maximum Gasteiger partial charge on any atom is 0.312 e. The summed E-state index contributed by atoms with van der Waals surface area (Å²) in [6, 6.07) is 6.08. The Morgan fingerprint density at radius 2 is 1.37 bits per heavy atom. The minimum atomic E-state index is -4.76. The molecule has 1 aliphatic heterocycles. The number of nitrogens with zero attached hydrogens (tertiary/aromatic N) is 2. The Bertz CT molecular complexity index is 2850. The zero-order valence-corrected chi connectivity index (χ0v) is 51.8. The Hall–Kier alpha value is -7.05. The molecular formula is C59H89FN10O12S. The number of amides is 10. The van der Waals surface area contributed by atoms with Gasteiger partial charge >= 0.3 is 6.03 Å². The highest BCUT2D eigenvalue weighted by atomic mass is 32.2. The molecule has 2 aromatic rings. The van der Waals surface area contributed by atoms with Gasteiger partial charge in [-0.15, -0.1) is 0 Å². The molecule has 0 aromatic heterocycles. The van der Waals surface area contributed by atoms with Crippen molar-refractivity contribution in [3.63, 3.8) is 0 Å². The van der Waals surface area contributed by atoms with Gasteiger partial charge in [-0.25, -0.2) is 22.3 Å². The Kier molecular flexibility index (Phi) is 24.9. The summed E-state index contributed by atoms with van der Waals surface area (Å²) in [7, 11) is -1.56. The number of hydrogen-bond donors (Lipinski definition) is 8. The fourth-order valence-corrected chi connectivity index (χ4v) is 10.4. The van der Waals surface area contributed by atoms with Crippen LogP contribution in [0, 0.1) is 33.9 Å². The topological polar surface area (TPSA) is 314 Å². The lowest BCUT2D eigenvalue weighted by Gasteiger charge is -2.40. The van der Waals surface area contributed by atoms with Crippen molar-refractivity contribution in [1.29, 1.82) is 0 Å². The van der Waals surface area contributed by atoms with Crippen molar-refractivity contribution in [3.05, 3.63) is 83.7 Å². The Morgan fingerprint density at radius 3 is 1.90 bits per heavy atom. The molecule has 0 radical (unpaired) electrons. The Labute approximate surface area is 488 Å². The number of halogens is 1. The van der Waals surface area contributed by atoms with Crippen LogP contribution in [-0.4, -0.2) is 142 Å². The molecule has 0 bridgehead atoms. The first-order valence-electron chi connectivity index (χ1n) is 27.6. The standard InChI is InChI=1S/C59H89FN10O12S/c1-35(2)43(69(16)54(78)49(56(6,7)8)67-53(77)48(62-15)59(13,14)38-21-18-17-19-22-38)29-37(5)50(74)68-83(80,81)39-24-25-41(40(60)30-39)64-51(75)42(23-20-28-63-55(61)79)65-52(76)47(36(3)4)66-44(71)31-57(9,10)33-82-34-58(11,12)32-70-45(72)26-27-46(70)73/h17-19,21-22,24-27,29-30,35-36,42-43,47-49,62H,20,23,28,31-34H2,1-16H3,(H,64,75)(H,65,76)(H,66,71)(H,67,77)(H,68,74)(H3,61,63,79)/b37-29+/t42-,43+,47?,48+,49?/m0/s1. The van der Waals surface area contributed by atoms with Crippen LogP contribution < -0.4 is 42.4 Å². The third kappa shape index (κ3) is 20.7. The number of urea groups is 1. The first-order chi connectivity index (χ1) is 38.2. The highest BCUT2D eigenvalue weighted by molar-refractivity contribution is 7.90. The maximum absolute atomic E-state index is 15.9. The number of anilines is 1. The zero-order valence-electron chi connectivity index (χ0n) is 51.0. The average molecular weight is 1180 g/mol. The number of nitrogens with two attached hydrogens (primary N) is 1. The van der Waals surface area contributed by atoms with E-state index in [1.165, 1.54) is 37.1 Å². The van der Waals surface area contributed by atoms with Gasteiger partial charge in [0, 0.05) is 55.1 Å². The van der Waals surface area contributed by atoms with E-state index in [2.05, 4.69) is 31.9 Å². The number of primary amides is 1. The van der Waals surface area contributed by atoms with Gasteiger partial charge in [0.2, 0.25) is 29.5 Å². The van der Waals surface area contributed by atoms with E-state index in [1.54, 1.807) is 48.6 Å². The second kappa shape index (κ2) is 29.5. The normalized spacial score (nSPS) is 15.3. The van der Waals surface area contributed by atoms with Gasteiger partial charge in [-0.05, 0) is 73.2 Å². The van der Waals surface area contributed by atoms with E-state index in [9.17, 15) is 51.6 Å². The molecule has 1 aliphatic rings. The molecule has 24 heteroatoms. The van der Waals surface area contributed by atoms with Gasteiger partial charge < -0.3 is 47.3 Å². The molecule has 0 aliphatic carbocycles. The third-order valence-electron chi connectivity index (χ3n) is 14.2. The number of likely N-dealkylation sites (N-methyl/N-ethyl adjacent to an activating group) is 2. The molecule has 1 heterocycles. The maximum atomic E-state index is 15.9. The molecule has 5 atom stereocenters. The number of rotatable bonds is 30. The van der Waals surface area contributed by atoms with E-state index in [4.69, 9.17) is 10.5 Å². The van der Waals surface area contributed by atoms with Crippen molar-refractivity contribution in [2.24, 2.45) is 33.8 Å². The Balaban J connectivity index is 1.75. The third-order valence-corrected chi connectivity index (χ3v) is 15.5. The fourth-order valence-electron chi connectivity index (χ4n) is 9.37. The van der Waals surface area contributed by atoms with E-state index in [1.807, 2.05) is 83.5 Å². The molecule has 83 heavy (non-hydrogen) atoms. The van der Waals surface area contributed by atoms with Crippen molar-refractivity contribution in [3.8, 4) is 0 Å². The minimum Gasteiger partial charge on any atom is -0.380 e. The number of carbonyl (C=O) groups is 9. The van der Waals surface area contributed by atoms with Crippen LogP contribution in [0.1, 0.15) is 122 Å². The van der Waals surface area contributed by atoms with Crippen LogP contribution >= 0.6 is 0 Å². The van der Waals surface area contributed by atoms with Crippen molar-refractivity contribution in [2.45, 2.75) is 157 Å². The quantitative estimate of drug-likeness (QED) is 0.0303. The van der Waals surface area contributed by atoms with Crippen LogP contribution in [0.4, 0.5) is 14.9 Å². The number of benzene rings is 2. The second-order valence-corrected chi connectivity index (χ2v) is 26.8. The lowest BCUT2D eigenvalue weighted by atomic mass is 9.76.